The lowest BCUT2D eigenvalue weighted by Gasteiger charge is -2.11. The molecule has 0 aliphatic heterocycles. The van der Waals surface area contributed by atoms with E-state index in [0.717, 1.165) is 5.56 Å². The van der Waals surface area contributed by atoms with E-state index in [1.54, 1.807) is 25.4 Å². The summed E-state index contributed by atoms with van der Waals surface area (Å²) in [5.74, 6) is -0.561. The number of carbonyl (C=O) groups is 2. The zero-order valence-corrected chi connectivity index (χ0v) is 9.81. The molecule has 0 bridgehead atoms. The number of ether oxygens (including phenoxy) is 1. The Bertz CT molecular complexity index is 442. The summed E-state index contributed by atoms with van der Waals surface area (Å²) in [4.78, 5) is 27.7. The quantitative estimate of drug-likeness (QED) is 0.577. The summed E-state index contributed by atoms with van der Waals surface area (Å²) < 4.78 is 4.98. The molecular weight excluding hydrogens is 218 g/mol. The summed E-state index contributed by atoms with van der Waals surface area (Å²) in [6.45, 7) is 2.13. The van der Waals surface area contributed by atoms with Gasteiger partial charge < -0.3 is 4.74 Å². The highest BCUT2D eigenvalue weighted by atomic mass is 16.5. The van der Waals surface area contributed by atoms with E-state index in [2.05, 4.69) is 4.98 Å². The van der Waals surface area contributed by atoms with Gasteiger partial charge in [-0.25, -0.2) is 0 Å². The summed E-state index contributed by atoms with van der Waals surface area (Å²) in [5, 5.41) is 0. The minimum Gasteiger partial charge on any atom is -0.466 e. The van der Waals surface area contributed by atoms with Crippen LogP contribution in [0.2, 0.25) is 0 Å². The third-order valence-electron chi connectivity index (χ3n) is 3.02. The van der Waals surface area contributed by atoms with Crippen molar-refractivity contribution in [3.05, 3.63) is 29.6 Å². The number of carbonyl (C=O) groups excluding carboxylic acids is 2. The van der Waals surface area contributed by atoms with Crippen LogP contribution in [0.3, 0.4) is 0 Å². The van der Waals surface area contributed by atoms with Crippen LogP contribution in [0.5, 0.6) is 0 Å². The summed E-state index contributed by atoms with van der Waals surface area (Å²) >= 11 is 0. The second-order valence-electron chi connectivity index (χ2n) is 4.15. The predicted octanol–water partition coefficient (Wildman–Crippen LogP) is 1.78. The van der Waals surface area contributed by atoms with Crippen LogP contribution in [0.15, 0.2) is 18.5 Å². The van der Waals surface area contributed by atoms with Crippen LogP contribution < -0.4 is 0 Å². The number of aryl methyl sites for hydroxylation is 1. The number of aromatic nitrogens is 1. The summed E-state index contributed by atoms with van der Waals surface area (Å²) in [5.41, 5.74) is 1.64. The zero-order valence-electron chi connectivity index (χ0n) is 9.81. The molecular formula is C13H15NO3. The number of hydrogen-bond acceptors (Lipinski definition) is 4. The second-order valence-corrected chi connectivity index (χ2v) is 4.15. The van der Waals surface area contributed by atoms with Crippen LogP contribution in [0.4, 0.5) is 0 Å². The van der Waals surface area contributed by atoms with Gasteiger partial charge >= 0.3 is 5.97 Å². The molecule has 4 nitrogen and oxygen atoms in total. The van der Waals surface area contributed by atoms with Crippen LogP contribution in [0.1, 0.15) is 35.7 Å². The summed E-state index contributed by atoms with van der Waals surface area (Å²) in [7, 11) is 0. The van der Waals surface area contributed by atoms with Crippen molar-refractivity contribution in [2.75, 3.05) is 6.61 Å². The fourth-order valence-electron chi connectivity index (χ4n) is 2.13. The van der Waals surface area contributed by atoms with Gasteiger partial charge in [-0.05, 0) is 31.4 Å². The number of Topliss-reactive ketones (excluding diaryl/α,β-unsaturated/α-hetero) is 1. The first-order valence-electron chi connectivity index (χ1n) is 5.85. The lowest BCUT2D eigenvalue weighted by Crippen LogP contribution is -2.19. The fourth-order valence-corrected chi connectivity index (χ4v) is 2.13. The van der Waals surface area contributed by atoms with Gasteiger partial charge in [-0.3, -0.25) is 14.6 Å². The Morgan fingerprint density at radius 1 is 1.59 bits per heavy atom. The SMILES string of the molecule is CCOC(=O)C1CCc2cnccc2C(=O)C1. The van der Waals surface area contributed by atoms with E-state index in [-0.39, 0.29) is 24.1 Å². The average molecular weight is 233 g/mol. The van der Waals surface area contributed by atoms with Gasteiger partial charge in [-0.2, -0.15) is 0 Å². The second kappa shape index (κ2) is 5.08. The molecule has 0 amide bonds. The minimum absolute atomic E-state index is 0.0120. The molecule has 0 aromatic carbocycles. The largest absolute Gasteiger partial charge is 0.466 e. The van der Waals surface area contributed by atoms with Gasteiger partial charge in [0.25, 0.3) is 0 Å². The van der Waals surface area contributed by atoms with E-state index >= 15 is 0 Å². The van der Waals surface area contributed by atoms with Gasteiger partial charge in [0.15, 0.2) is 5.78 Å². The van der Waals surface area contributed by atoms with E-state index < -0.39 is 0 Å². The van der Waals surface area contributed by atoms with Crippen LogP contribution >= 0.6 is 0 Å². The molecule has 2 rings (SSSR count). The van der Waals surface area contributed by atoms with Crippen molar-refractivity contribution < 1.29 is 14.3 Å². The number of pyridine rings is 1. The maximum Gasteiger partial charge on any atom is 0.309 e. The fraction of sp³-hybridized carbons (Fsp3) is 0.462. The maximum absolute atomic E-state index is 12.0. The molecule has 0 N–H and O–H groups in total. The van der Waals surface area contributed by atoms with Crippen molar-refractivity contribution in [2.45, 2.75) is 26.2 Å². The number of rotatable bonds is 2. The first-order chi connectivity index (χ1) is 8.22. The monoisotopic (exact) mass is 233 g/mol. The lowest BCUT2D eigenvalue weighted by atomic mass is 9.99. The Kier molecular flexibility index (Phi) is 3.52. The highest BCUT2D eigenvalue weighted by Gasteiger charge is 2.28. The normalized spacial score (nSPS) is 19.4. The van der Waals surface area contributed by atoms with Crippen LogP contribution in [0, 0.1) is 5.92 Å². The van der Waals surface area contributed by atoms with Crippen LogP contribution in [-0.2, 0) is 16.0 Å². The van der Waals surface area contributed by atoms with Gasteiger partial charge in [0, 0.05) is 24.4 Å². The van der Waals surface area contributed by atoms with E-state index in [1.165, 1.54) is 0 Å². The van der Waals surface area contributed by atoms with Gasteiger partial charge in [0.2, 0.25) is 0 Å². The van der Waals surface area contributed by atoms with E-state index in [1.807, 2.05) is 0 Å². The molecule has 4 heteroatoms. The van der Waals surface area contributed by atoms with E-state index in [0.29, 0.717) is 25.0 Å². The molecule has 17 heavy (non-hydrogen) atoms. The number of ketones is 1. The van der Waals surface area contributed by atoms with Crippen molar-refractivity contribution in [2.24, 2.45) is 5.92 Å². The van der Waals surface area contributed by atoms with Crippen LogP contribution in [0.25, 0.3) is 0 Å². The van der Waals surface area contributed by atoms with Crippen LogP contribution in [-0.4, -0.2) is 23.3 Å². The maximum atomic E-state index is 12.0. The number of hydrogen-bond donors (Lipinski definition) is 0. The molecule has 1 aliphatic carbocycles. The van der Waals surface area contributed by atoms with E-state index in [4.69, 9.17) is 4.74 Å². The number of esters is 1. The third kappa shape index (κ3) is 2.52. The molecule has 1 heterocycles. The Labute approximate surface area is 100 Å². The Balaban J connectivity index is 2.18. The van der Waals surface area contributed by atoms with Gasteiger partial charge in [0.1, 0.15) is 0 Å². The molecule has 0 radical (unpaired) electrons. The smallest absolute Gasteiger partial charge is 0.309 e. The molecule has 1 aromatic rings. The average Bonchev–Trinajstić information content (AvgIpc) is 2.50. The van der Waals surface area contributed by atoms with Crippen molar-refractivity contribution >= 4 is 11.8 Å². The number of nitrogens with zero attached hydrogens (tertiary/aromatic N) is 1. The highest BCUT2D eigenvalue weighted by Crippen LogP contribution is 2.24. The molecule has 1 aliphatic rings. The number of fused-ring (bicyclic) bond motifs is 1. The molecule has 1 unspecified atom stereocenters. The zero-order chi connectivity index (χ0) is 12.3. The van der Waals surface area contributed by atoms with Crippen molar-refractivity contribution in [1.82, 2.24) is 4.98 Å². The van der Waals surface area contributed by atoms with Gasteiger partial charge in [-0.1, -0.05) is 0 Å². The topological polar surface area (TPSA) is 56.3 Å². The molecule has 0 saturated heterocycles. The summed E-state index contributed by atoms with van der Waals surface area (Å²) in [6.07, 6.45) is 4.93. The Morgan fingerprint density at radius 3 is 3.18 bits per heavy atom. The molecule has 1 aromatic heterocycles. The highest BCUT2D eigenvalue weighted by molar-refractivity contribution is 5.99. The van der Waals surface area contributed by atoms with Gasteiger partial charge in [0.05, 0.1) is 12.5 Å². The Hall–Kier alpha value is -1.71. The van der Waals surface area contributed by atoms with Crippen molar-refractivity contribution in [3.8, 4) is 0 Å². The molecule has 0 spiro atoms. The standard InChI is InChI=1S/C13H15NO3/c1-2-17-13(16)9-3-4-10-8-14-6-5-11(10)12(15)7-9/h5-6,8-9H,2-4,7H2,1H3. The first kappa shape index (κ1) is 11.8. The van der Waals surface area contributed by atoms with E-state index in [9.17, 15) is 9.59 Å². The lowest BCUT2D eigenvalue weighted by molar-refractivity contribution is -0.148. The molecule has 0 saturated carbocycles. The minimum atomic E-state index is -0.310. The molecule has 90 valence electrons. The molecule has 1 atom stereocenters. The molecule has 0 fully saturated rings. The summed E-state index contributed by atoms with van der Waals surface area (Å²) in [6, 6.07) is 1.73. The first-order valence-corrected chi connectivity index (χ1v) is 5.85. The van der Waals surface area contributed by atoms with Gasteiger partial charge in [-0.15, -0.1) is 0 Å². The third-order valence-corrected chi connectivity index (χ3v) is 3.02. The predicted molar refractivity (Wildman–Crippen MR) is 61.6 cm³/mol. The van der Waals surface area contributed by atoms with Crippen molar-refractivity contribution in [3.63, 3.8) is 0 Å². The Morgan fingerprint density at radius 2 is 2.41 bits per heavy atom. The van der Waals surface area contributed by atoms with Crippen molar-refractivity contribution in [1.29, 1.82) is 0 Å².